The summed E-state index contributed by atoms with van der Waals surface area (Å²) in [5, 5.41) is 8.89. The lowest BCUT2D eigenvalue weighted by atomic mass is 10.1. The molecule has 1 aliphatic rings. The minimum Gasteiger partial charge on any atom is -0.464 e. The Labute approximate surface area is 183 Å². The van der Waals surface area contributed by atoms with Gasteiger partial charge in [-0.1, -0.05) is 41.1 Å². The van der Waals surface area contributed by atoms with Crippen LogP contribution >= 0.6 is 23.1 Å². The Morgan fingerprint density at radius 3 is 2.63 bits per heavy atom. The molecule has 2 amide bonds. The maximum atomic E-state index is 13.5. The zero-order valence-corrected chi connectivity index (χ0v) is 17.9. The van der Waals surface area contributed by atoms with Crippen LogP contribution in [0.15, 0.2) is 46.2 Å². The fraction of sp³-hybridized carbons (Fsp3) is 0.333. The third kappa shape index (κ3) is 4.24. The highest BCUT2D eigenvalue weighted by Crippen LogP contribution is 2.35. The van der Waals surface area contributed by atoms with Crippen molar-refractivity contribution in [1.29, 1.82) is 0 Å². The van der Waals surface area contributed by atoms with Gasteiger partial charge in [0.1, 0.15) is 11.5 Å². The van der Waals surface area contributed by atoms with E-state index < -0.39 is 11.9 Å². The Morgan fingerprint density at radius 2 is 2.00 bits per heavy atom. The number of anilines is 1. The summed E-state index contributed by atoms with van der Waals surface area (Å²) in [6, 6.07) is 9.44. The minimum atomic E-state index is -1.03. The summed E-state index contributed by atoms with van der Waals surface area (Å²) in [4.78, 5) is 28.3. The van der Waals surface area contributed by atoms with Gasteiger partial charge in [0.25, 0.3) is 11.8 Å². The van der Waals surface area contributed by atoms with Gasteiger partial charge in [0, 0.05) is 11.4 Å². The Bertz CT molecular complexity index is 1030. The van der Waals surface area contributed by atoms with Gasteiger partial charge >= 0.3 is 0 Å². The van der Waals surface area contributed by atoms with Gasteiger partial charge in [-0.05, 0) is 55.6 Å². The predicted octanol–water partition coefficient (Wildman–Crippen LogP) is 4.54. The van der Waals surface area contributed by atoms with E-state index in [2.05, 4.69) is 14.9 Å². The average Bonchev–Trinajstić information content (AvgIpc) is 3.49. The van der Waals surface area contributed by atoms with Crippen LogP contribution in [0, 0.1) is 6.92 Å². The van der Waals surface area contributed by atoms with Gasteiger partial charge in [-0.15, -0.1) is 5.10 Å². The van der Waals surface area contributed by atoms with E-state index in [0.717, 1.165) is 37.2 Å². The van der Waals surface area contributed by atoms with Gasteiger partial charge in [0.15, 0.2) is 11.7 Å². The Balaban J connectivity index is 1.80. The van der Waals surface area contributed by atoms with Crippen LogP contribution < -0.4 is 10.2 Å². The molecule has 0 spiro atoms. The van der Waals surface area contributed by atoms with E-state index in [-0.39, 0.29) is 17.6 Å². The first-order valence-electron chi connectivity index (χ1n) is 9.76. The monoisotopic (exact) mass is 444 g/mol. The standard InChI is InChI=1S/C21H21ClN4O3S/c1-13-10-11-18(29-13)19(20(27)23-14-6-2-3-7-14)26(17-9-5-4-8-15(17)22)21(28)16-12-30-25-24-16/h4-5,8-12,14,19H,2-3,6-7H2,1H3,(H,23,27)/t19-/m0/s1. The lowest BCUT2D eigenvalue weighted by Crippen LogP contribution is -2.46. The van der Waals surface area contributed by atoms with Crippen LogP contribution in [0.4, 0.5) is 5.69 Å². The van der Waals surface area contributed by atoms with E-state index in [4.69, 9.17) is 16.0 Å². The first-order chi connectivity index (χ1) is 14.5. The molecule has 0 radical (unpaired) electrons. The molecule has 2 aromatic heterocycles. The lowest BCUT2D eigenvalue weighted by molar-refractivity contribution is -0.123. The third-order valence-electron chi connectivity index (χ3n) is 5.15. The van der Waals surface area contributed by atoms with Crippen molar-refractivity contribution in [2.75, 3.05) is 4.90 Å². The van der Waals surface area contributed by atoms with Crippen molar-refractivity contribution in [2.45, 2.75) is 44.7 Å². The zero-order chi connectivity index (χ0) is 21.1. The molecule has 0 bridgehead atoms. The predicted molar refractivity (Wildman–Crippen MR) is 115 cm³/mol. The number of para-hydroxylation sites is 1. The number of amides is 2. The number of nitrogens with one attached hydrogen (secondary N) is 1. The van der Waals surface area contributed by atoms with E-state index in [1.165, 1.54) is 4.90 Å². The molecule has 9 heteroatoms. The van der Waals surface area contributed by atoms with Crippen LogP contribution in [0.3, 0.4) is 0 Å². The molecule has 0 aliphatic heterocycles. The fourth-order valence-corrected chi connectivity index (χ4v) is 4.38. The van der Waals surface area contributed by atoms with Crippen molar-refractivity contribution in [3.8, 4) is 0 Å². The summed E-state index contributed by atoms with van der Waals surface area (Å²) >= 11 is 7.51. The van der Waals surface area contributed by atoms with Gasteiger partial charge in [-0.3, -0.25) is 14.5 Å². The smallest absolute Gasteiger partial charge is 0.280 e. The number of benzene rings is 1. The van der Waals surface area contributed by atoms with Crippen LogP contribution in [0.5, 0.6) is 0 Å². The number of aromatic nitrogens is 2. The summed E-state index contributed by atoms with van der Waals surface area (Å²) < 4.78 is 9.60. The lowest BCUT2D eigenvalue weighted by Gasteiger charge is -2.30. The van der Waals surface area contributed by atoms with Crippen molar-refractivity contribution in [1.82, 2.24) is 14.9 Å². The maximum Gasteiger partial charge on any atom is 0.280 e. The number of hydrogen-bond acceptors (Lipinski definition) is 6. The summed E-state index contributed by atoms with van der Waals surface area (Å²) in [6.07, 6.45) is 4.00. The quantitative estimate of drug-likeness (QED) is 0.603. The number of rotatable bonds is 6. The fourth-order valence-electron chi connectivity index (χ4n) is 3.72. The van der Waals surface area contributed by atoms with Crippen LogP contribution in [-0.2, 0) is 4.79 Å². The Kier molecular flexibility index (Phi) is 6.15. The largest absolute Gasteiger partial charge is 0.464 e. The molecule has 3 aromatic rings. The number of carbonyl (C=O) groups is 2. The summed E-state index contributed by atoms with van der Waals surface area (Å²) in [5.74, 6) is 0.218. The second-order valence-electron chi connectivity index (χ2n) is 7.26. The molecule has 4 rings (SSSR count). The highest BCUT2D eigenvalue weighted by atomic mass is 35.5. The first-order valence-corrected chi connectivity index (χ1v) is 11.0. The summed E-state index contributed by atoms with van der Waals surface area (Å²) in [7, 11) is 0. The summed E-state index contributed by atoms with van der Waals surface area (Å²) in [6.45, 7) is 1.79. The molecule has 1 aromatic carbocycles. The second-order valence-corrected chi connectivity index (χ2v) is 8.27. The van der Waals surface area contributed by atoms with E-state index >= 15 is 0 Å². The second kappa shape index (κ2) is 8.97. The molecule has 1 saturated carbocycles. The molecule has 1 aliphatic carbocycles. The van der Waals surface area contributed by atoms with Gasteiger partial charge in [-0.25, -0.2) is 0 Å². The number of halogens is 1. The molecule has 2 heterocycles. The van der Waals surface area contributed by atoms with E-state index in [1.807, 2.05) is 0 Å². The van der Waals surface area contributed by atoms with Gasteiger partial charge in [-0.2, -0.15) is 0 Å². The van der Waals surface area contributed by atoms with Gasteiger partial charge in [0.2, 0.25) is 0 Å². The van der Waals surface area contributed by atoms with E-state index in [0.29, 0.717) is 22.2 Å². The molecular weight excluding hydrogens is 424 g/mol. The molecule has 30 heavy (non-hydrogen) atoms. The summed E-state index contributed by atoms with van der Waals surface area (Å²) in [5.41, 5.74) is 0.541. The topological polar surface area (TPSA) is 88.3 Å². The molecule has 0 unspecified atom stereocenters. The average molecular weight is 445 g/mol. The van der Waals surface area contributed by atoms with Crippen molar-refractivity contribution in [2.24, 2.45) is 0 Å². The number of hydrogen-bond donors (Lipinski definition) is 1. The SMILES string of the molecule is Cc1ccc([C@@H](C(=O)NC2CCCC2)N(C(=O)c2csnn2)c2ccccc2Cl)o1. The van der Waals surface area contributed by atoms with Crippen LogP contribution in [0.1, 0.15) is 53.7 Å². The molecule has 1 fully saturated rings. The van der Waals surface area contributed by atoms with Gasteiger partial charge < -0.3 is 9.73 Å². The zero-order valence-electron chi connectivity index (χ0n) is 16.4. The number of nitrogens with zero attached hydrogens (tertiary/aromatic N) is 3. The van der Waals surface area contributed by atoms with Crippen molar-refractivity contribution in [3.63, 3.8) is 0 Å². The maximum absolute atomic E-state index is 13.5. The highest BCUT2D eigenvalue weighted by molar-refractivity contribution is 7.03. The van der Waals surface area contributed by atoms with Crippen molar-refractivity contribution >= 4 is 40.6 Å². The van der Waals surface area contributed by atoms with Crippen molar-refractivity contribution < 1.29 is 14.0 Å². The van der Waals surface area contributed by atoms with Crippen LogP contribution in [0.25, 0.3) is 0 Å². The first kappa shape index (κ1) is 20.6. The Morgan fingerprint density at radius 1 is 1.23 bits per heavy atom. The van der Waals surface area contributed by atoms with Gasteiger partial charge in [0.05, 0.1) is 10.7 Å². The van der Waals surface area contributed by atoms with Crippen LogP contribution in [-0.4, -0.2) is 27.4 Å². The molecule has 7 nitrogen and oxygen atoms in total. The molecule has 1 N–H and O–H groups in total. The highest BCUT2D eigenvalue weighted by Gasteiger charge is 2.38. The Hall–Kier alpha value is -2.71. The number of carbonyl (C=O) groups excluding carboxylic acids is 2. The molecule has 0 saturated heterocycles. The number of aryl methyl sites for hydroxylation is 1. The van der Waals surface area contributed by atoms with Crippen molar-refractivity contribution in [3.05, 3.63) is 64.0 Å². The van der Waals surface area contributed by atoms with Crippen LogP contribution in [0.2, 0.25) is 5.02 Å². The van der Waals surface area contributed by atoms with E-state index in [9.17, 15) is 9.59 Å². The normalized spacial score (nSPS) is 15.1. The number of furan rings is 1. The molecule has 156 valence electrons. The third-order valence-corrected chi connectivity index (χ3v) is 5.97. The minimum absolute atomic E-state index is 0.0835. The molecule has 1 atom stereocenters. The molecular formula is C21H21ClN4O3S. The van der Waals surface area contributed by atoms with E-state index in [1.54, 1.807) is 48.7 Å².